The van der Waals surface area contributed by atoms with Crippen molar-refractivity contribution in [1.82, 2.24) is 29.7 Å². The molecule has 0 bridgehead atoms. The monoisotopic (exact) mass is 610 g/mol. The van der Waals surface area contributed by atoms with Gasteiger partial charge in [-0.2, -0.15) is 0 Å². The average molecular weight is 611 g/mol. The Bertz CT molecular complexity index is 1620. The zero-order valence-electron chi connectivity index (χ0n) is 25.8. The minimum Gasteiger partial charge on any atom is -0.381 e. The number of ether oxygens (including phenoxy) is 1. The summed E-state index contributed by atoms with van der Waals surface area (Å²) in [6.07, 6.45) is 7.64. The number of carbonyl (C=O) groups excluding carboxylic acids is 1. The van der Waals surface area contributed by atoms with Crippen LogP contribution in [0.5, 0.6) is 0 Å². The van der Waals surface area contributed by atoms with Gasteiger partial charge in [0.2, 0.25) is 0 Å². The van der Waals surface area contributed by atoms with Crippen molar-refractivity contribution in [2.75, 3.05) is 75.1 Å². The second kappa shape index (κ2) is 13.0. The van der Waals surface area contributed by atoms with Crippen LogP contribution in [0.15, 0.2) is 48.8 Å². The lowest BCUT2D eigenvalue weighted by atomic mass is 10.0. The van der Waals surface area contributed by atoms with Crippen LogP contribution in [0.25, 0.3) is 22.3 Å². The van der Waals surface area contributed by atoms with E-state index in [-0.39, 0.29) is 11.7 Å². The lowest BCUT2D eigenvalue weighted by Crippen LogP contribution is -2.52. The van der Waals surface area contributed by atoms with Crippen LogP contribution in [0.1, 0.15) is 36.2 Å². The standard InChI is InChI=1S/C33H42N10O2/c1-41-16-18-43(19-17-41)25-8-14-42(15-9-25)24-4-2-22(3-5-24)37-33-30(31(34)44)39-29(28-26-6-12-35-27(26)7-13-36-28)32(40-33)38-23-10-20-45-21-11-23/h2-7,12-13,23,25,35H,8-11,14-21H2,1H3,(H2,34,44)(H2,37,38,40). The average Bonchev–Trinajstić information content (AvgIpc) is 3.56. The molecule has 1 aromatic carbocycles. The number of primary amides is 1. The number of pyridine rings is 1. The van der Waals surface area contributed by atoms with Crippen molar-refractivity contribution in [2.45, 2.75) is 37.8 Å². The smallest absolute Gasteiger partial charge is 0.271 e. The maximum atomic E-state index is 12.7. The van der Waals surface area contributed by atoms with E-state index in [9.17, 15) is 4.79 Å². The molecule has 3 aromatic heterocycles. The van der Waals surface area contributed by atoms with Gasteiger partial charge < -0.3 is 35.9 Å². The van der Waals surface area contributed by atoms with E-state index in [1.807, 2.05) is 30.5 Å². The summed E-state index contributed by atoms with van der Waals surface area (Å²) in [4.78, 5) is 37.9. The molecule has 0 unspecified atom stereocenters. The van der Waals surface area contributed by atoms with Crippen LogP contribution in [0, 0.1) is 0 Å². The van der Waals surface area contributed by atoms with E-state index in [1.165, 1.54) is 31.6 Å². The van der Waals surface area contributed by atoms with E-state index in [1.54, 1.807) is 6.20 Å². The van der Waals surface area contributed by atoms with E-state index < -0.39 is 5.91 Å². The largest absolute Gasteiger partial charge is 0.381 e. The van der Waals surface area contributed by atoms with Crippen LogP contribution in [-0.4, -0.2) is 107 Å². The second-order valence-electron chi connectivity index (χ2n) is 12.3. The number of piperazine rings is 1. The molecular weight excluding hydrogens is 568 g/mol. The van der Waals surface area contributed by atoms with Gasteiger partial charge >= 0.3 is 0 Å². The zero-order valence-corrected chi connectivity index (χ0v) is 25.8. The van der Waals surface area contributed by atoms with Gasteiger partial charge in [0.05, 0.1) is 0 Å². The third kappa shape index (κ3) is 6.44. The zero-order chi connectivity index (χ0) is 30.8. The Labute approximate surface area is 263 Å². The molecule has 3 aliphatic rings. The molecule has 5 N–H and O–H groups in total. The van der Waals surface area contributed by atoms with Crippen LogP contribution >= 0.6 is 0 Å². The number of fused-ring (bicyclic) bond motifs is 1. The van der Waals surface area contributed by atoms with E-state index in [0.29, 0.717) is 42.3 Å². The molecule has 1 amide bonds. The van der Waals surface area contributed by atoms with Gasteiger partial charge in [-0.25, -0.2) is 9.97 Å². The number of rotatable bonds is 8. The fourth-order valence-corrected chi connectivity index (χ4v) is 6.74. The van der Waals surface area contributed by atoms with Gasteiger partial charge in [-0.05, 0) is 69.1 Å². The minimum absolute atomic E-state index is 0.0620. The fraction of sp³-hybridized carbons (Fsp3) is 0.455. The summed E-state index contributed by atoms with van der Waals surface area (Å²) in [6.45, 7) is 8.11. The van der Waals surface area contributed by atoms with Crippen LogP contribution in [0.3, 0.4) is 0 Å². The van der Waals surface area contributed by atoms with Crippen LogP contribution in [0.2, 0.25) is 0 Å². The van der Waals surface area contributed by atoms with Crippen molar-refractivity contribution in [3.05, 3.63) is 54.5 Å². The normalized spacial score (nSPS) is 19.2. The van der Waals surface area contributed by atoms with Crippen molar-refractivity contribution >= 4 is 39.8 Å². The number of likely N-dealkylation sites (N-methyl/N-ethyl adjacent to an activating group) is 1. The maximum absolute atomic E-state index is 12.7. The van der Waals surface area contributed by atoms with Gasteiger partial charge in [0.1, 0.15) is 11.4 Å². The first-order chi connectivity index (χ1) is 22.0. The Morgan fingerprint density at radius 2 is 1.67 bits per heavy atom. The van der Waals surface area contributed by atoms with Crippen LogP contribution < -0.4 is 21.3 Å². The summed E-state index contributed by atoms with van der Waals surface area (Å²) in [6, 6.07) is 13.0. The van der Waals surface area contributed by atoms with Crippen molar-refractivity contribution in [1.29, 1.82) is 0 Å². The Morgan fingerprint density at radius 1 is 0.911 bits per heavy atom. The Kier molecular flexibility index (Phi) is 8.51. The summed E-state index contributed by atoms with van der Waals surface area (Å²) in [5, 5.41) is 7.79. The molecule has 0 radical (unpaired) electrons. The molecule has 45 heavy (non-hydrogen) atoms. The van der Waals surface area contributed by atoms with E-state index in [2.05, 4.69) is 54.5 Å². The molecule has 0 saturated carbocycles. The number of aromatic amines is 1. The van der Waals surface area contributed by atoms with Gasteiger partial charge in [0.25, 0.3) is 5.91 Å². The molecule has 0 aliphatic carbocycles. The SMILES string of the molecule is CN1CCN(C2CCN(c3ccc(Nc4nc(NC5CCOCC5)c(-c5nccc6[nH]ccc56)nc4C(N)=O)cc3)CC2)CC1. The lowest BCUT2D eigenvalue weighted by molar-refractivity contribution is 0.0904. The van der Waals surface area contributed by atoms with Gasteiger partial charge in [-0.1, -0.05) is 0 Å². The number of nitrogens with zero attached hydrogens (tertiary/aromatic N) is 6. The summed E-state index contributed by atoms with van der Waals surface area (Å²) < 4.78 is 5.57. The first-order valence-electron chi connectivity index (χ1n) is 16.0. The quantitative estimate of drug-likeness (QED) is 0.234. The Morgan fingerprint density at radius 3 is 2.40 bits per heavy atom. The number of hydrogen-bond donors (Lipinski definition) is 4. The molecule has 6 heterocycles. The Balaban J connectivity index is 1.12. The topological polar surface area (TPSA) is 141 Å². The molecule has 0 spiro atoms. The molecular formula is C33H42N10O2. The number of anilines is 4. The van der Waals surface area contributed by atoms with E-state index >= 15 is 0 Å². The first-order valence-corrected chi connectivity index (χ1v) is 16.0. The number of amides is 1. The van der Waals surface area contributed by atoms with Crippen molar-refractivity contribution in [3.63, 3.8) is 0 Å². The number of aromatic nitrogens is 4. The van der Waals surface area contributed by atoms with E-state index in [4.69, 9.17) is 20.4 Å². The molecule has 3 saturated heterocycles. The first kappa shape index (κ1) is 29.5. The van der Waals surface area contributed by atoms with Gasteiger partial charge in [0.15, 0.2) is 17.3 Å². The predicted molar refractivity (Wildman–Crippen MR) is 177 cm³/mol. The Hall–Kier alpha value is -4.26. The molecule has 7 rings (SSSR count). The number of nitrogens with two attached hydrogens (primary N) is 1. The van der Waals surface area contributed by atoms with Crippen molar-refractivity contribution in [2.24, 2.45) is 5.73 Å². The van der Waals surface area contributed by atoms with Gasteiger partial charge in [0, 0.05) is 99.2 Å². The number of carbonyl (C=O) groups is 1. The minimum atomic E-state index is -0.662. The molecule has 0 atom stereocenters. The molecule has 12 nitrogen and oxygen atoms in total. The van der Waals surface area contributed by atoms with Crippen LogP contribution in [0.4, 0.5) is 23.0 Å². The highest BCUT2D eigenvalue weighted by atomic mass is 16.5. The summed E-state index contributed by atoms with van der Waals surface area (Å²) in [5.74, 6) is 0.197. The second-order valence-corrected chi connectivity index (χ2v) is 12.3. The summed E-state index contributed by atoms with van der Waals surface area (Å²) in [7, 11) is 2.21. The number of hydrogen-bond acceptors (Lipinski definition) is 10. The fourth-order valence-electron chi connectivity index (χ4n) is 6.74. The summed E-state index contributed by atoms with van der Waals surface area (Å²) >= 11 is 0. The third-order valence-corrected chi connectivity index (χ3v) is 9.41. The van der Waals surface area contributed by atoms with Crippen LogP contribution in [-0.2, 0) is 4.74 Å². The lowest BCUT2D eigenvalue weighted by Gasteiger charge is -2.42. The molecule has 4 aromatic rings. The third-order valence-electron chi connectivity index (χ3n) is 9.41. The van der Waals surface area contributed by atoms with Crippen molar-refractivity contribution < 1.29 is 9.53 Å². The molecule has 236 valence electrons. The predicted octanol–water partition coefficient (Wildman–Crippen LogP) is 3.67. The number of H-pyrrole nitrogens is 1. The highest BCUT2D eigenvalue weighted by Crippen LogP contribution is 2.33. The molecule has 12 heteroatoms. The number of benzene rings is 1. The molecule has 3 aliphatic heterocycles. The number of piperidine rings is 1. The maximum Gasteiger partial charge on any atom is 0.271 e. The highest BCUT2D eigenvalue weighted by Gasteiger charge is 2.27. The number of nitrogens with one attached hydrogen (secondary N) is 3. The van der Waals surface area contributed by atoms with Gasteiger partial charge in [-0.3, -0.25) is 14.7 Å². The molecule has 3 fully saturated rings. The van der Waals surface area contributed by atoms with Gasteiger partial charge in [-0.15, -0.1) is 0 Å². The van der Waals surface area contributed by atoms with E-state index in [0.717, 1.165) is 55.6 Å². The summed E-state index contributed by atoms with van der Waals surface area (Å²) in [5.41, 5.74) is 9.98. The highest BCUT2D eigenvalue weighted by molar-refractivity contribution is 5.99. The van der Waals surface area contributed by atoms with Crippen molar-refractivity contribution in [3.8, 4) is 11.4 Å².